The molecular weight excluding hydrogens is 361 g/mol. The molecule has 0 saturated heterocycles. The van der Waals surface area contributed by atoms with Gasteiger partial charge in [-0.05, 0) is 19.4 Å². The van der Waals surface area contributed by atoms with E-state index in [1.807, 2.05) is 0 Å². The van der Waals surface area contributed by atoms with Crippen LogP contribution in [0.3, 0.4) is 0 Å². The summed E-state index contributed by atoms with van der Waals surface area (Å²) in [6.45, 7) is 0.564. The number of primary amides is 1. The van der Waals surface area contributed by atoms with E-state index in [1.54, 1.807) is 0 Å². The molecule has 0 saturated carbocycles. The number of aliphatic imine (C=N–C) groups is 1. The Hall–Kier alpha value is -1.62. The largest absolute Gasteiger partial charge is 0.351 e. The summed E-state index contributed by atoms with van der Waals surface area (Å²) >= 11 is 0. The molecule has 4 amide bonds. The molecule has 0 aromatic carbocycles. The number of nitrogens with one attached hydrogen (secondary N) is 2. The van der Waals surface area contributed by atoms with E-state index in [4.69, 9.17) is 17.2 Å². The smallest absolute Gasteiger partial charge is 0.318 e. The lowest BCUT2D eigenvalue weighted by Gasteiger charge is -2.30. The zero-order chi connectivity index (χ0) is 16.7. The third-order valence-corrected chi connectivity index (χ3v) is 3.28. The van der Waals surface area contributed by atoms with Gasteiger partial charge in [-0.1, -0.05) is 0 Å². The Labute approximate surface area is 152 Å². The molecule has 1 unspecified atom stereocenters. The SMILES string of the molecule is CN(C(=O)C[C@H](N)CCCN)C1CN=C(NC(N)=O)NC1=O.Cl.Cl. The summed E-state index contributed by atoms with van der Waals surface area (Å²) < 4.78 is 0. The molecular formula is C12H25Cl2N7O3. The number of nitrogens with zero attached hydrogens (tertiary/aromatic N) is 2. The molecule has 2 atom stereocenters. The second-order valence-electron chi connectivity index (χ2n) is 5.08. The van der Waals surface area contributed by atoms with Gasteiger partial charge in [0.15, 0.2) is 0 Å². The first-order chi connectivity index (χ1) is 10.3. The summed E-state index contributed by atoms with van der Waals surface area (Å²) in [6.07, 6.45) is 1.53. The lowest BCUT2D eigenvalue weighted by molar-refractivity contribution is -0.138. The van der Waals surface area contributed by atoms with Crippen LogP contribution < -0.4 is 27.8 Å². The number of amides is 4. The molecule has 0 bridgehead atoms. The molecule has 24 heavy (non-hydrogen) atoms. The maximum atomic E-state index is 12.1. The van der Waals surface area contributed by atoms with Gasteiger partial charge in [0.25, 0.3) is 5.91 Å². The van der Waals surface area contributed by atoms with Crippen molar-refractivity contribution in [3.63, 3.8) is 0 Å². The van der Waals surface area contributed by atoms with Gasteiger partial charge in [-0.2, -0.15) is 0 Å². The quantitative estimate of drug-likeness (QED) is 0.365. The highest BCUT2D eigenvalue weighted by atomic mass is 35.5. The highest BCUT2D eigenvalue weighted by Gasteiger charge is 2.31. The molecule has 140 valence electrons. The van der Waals surface area contributed by atoms with Gasteiger partial charge in [0.1, 0.15) is 6.04 Å². The van der Waals surface area contributed by atoms with Gasteiger partial charge < -0.3 is 22.1 Å². The standard InChI is InChI=1S/C12H23N7O3.2ClH/c1-19(9(20)5-7(14)3-2-4-13)8-6-16-12(17-10(8)21)18-11(15)22;;/h7-8H,2-6,13-14H2,1H3,(H4,15,16,17,18,21,22);2*1H/t7-,8?;;/m1../s1. The monoisotopic (exact) mass is 385 g/mol. The van der Waals surface area contributed by atoms with Crippen LogP contribution in [0.2, 0.25) is 0 Å². The molecule has 12 heteroatoms. The van der Waals surface area contributed by atoms with E-state index in [1.165, 1.54) is 11.9 Å². The van der Waals surface area contributed by atoms with E-state index >= 15 is 0 Å². The van der Waals surface area contributed by atoms with E-state index in [2.05, 4.69) is 15.6 Å². The lowest BCUT2D eigenvalue weighted by atomic mass is 10.1. The molecule has 0 fully saturated rings. The lowest BCUT2D eigenvalue weighted by Crippen LogP contribution is -2.58. The Morgan fingerprint density at radius 2 is 2.08 bits per heavy atom. The number of urea groups is 1. The van der Waals surface area contributed by atoms with Crippen LogP contribution in [0.5, 0.6) is 0 Å². The second kappa shape index (κ2) is 11.8. The topological polar surface area (TPSA) is 169 Å². The predicted molar refractivity (Wildman–Crippen MR) is 95.1 cm³/mol. The molecule has 0 aromatic rings. The van der Waals surface area contributed by atoms with Crippen LogP contribution in [0.15, 0.2) is 4.99 Å². The first-order valence-electron chi connectivity index (χ1n) is 6.98. The molecule has 1 aliphatic heterocycles. The van der Waals surface area contributed by atoms with Crippen molar-refractivity contribution in [2.45, 2.75) is 31.3 Å². The van der Waals surface area contributed by atoms with E-state index in [9.17, 15) is 14.4 Å². The number of halogens is 2. The summed E-state index contributed by atoms with van der Waals surface area (Å²) in [5.74, 6) is -0.703. The van der Waals surface area contributed by atoms with E-state index in [0.717, 1.165) is 6.42 Å². The van der Waals surface area contributed by atoms with Gasteiger partial charge in [0, 0.05) is 19.5 Å². The van der Waals surface area contributed by atoms with Crippen molar-refractivity contribution in [2.24, 2.45) is 22.2 Å². The first-order valence-corrected chi connectivity index (χ1v) is 6.98. The van der Waals surface area contributed by atoms with Crippen LogP contribution in [-0.4, -0.2) is 60.9 Å². The average Bonchev–Trinajstić information content (AvgIpc) is 2.43. The highest BCUT2D eigenvalue weighted by molar-refractivity contribution is 6.07. The fourth-order valence-corrected chi connectivity index (χ4v) is 2.01. The van der Waals surface area contributed by atoms with Gasteiger partial charge in [0.05, 0.1) is 6.54 Å². The molecule has 0 aromatic heterocycles. The van der Waals surface area contributed by atoms with Crippen molar-refractivity contribution in [3.8, 4) is 0 Å². The molecule has 0 radical (unpaired) electrons. The zero-order valence-electron chi connectivity index (χ0n) is 13.4. The van der Waals surface area contributed by atoms with E-state index in [-0.39, 0.29) is 55.7 Å². The molecule has 8 N–H and O–H groups in total. The van der Waals surface area contributed by atoms with E-state index in [0.29, 0.717) is 13.0 Å². The minimum absolute atomic E-state index is 0. The highest BCUT2D eigenvalue weighted by Crippen LogP contribution is 2.07. The first kappa shape index (κ1) is 24.6. The minimum atomic E-state index is -0.826. The summed E-state index contributed by atoms with van der Waals surface area (Å²) in [6, 6.07) is -1.86. The Kier molecular flexibility index (Phi) is 12.2. The Morgan fingerprint density at radius 3 is 2.58 bits per heavy atom. The third-order valence-electron chi connectivity index (χ3n) is 3.28. The molecule has 0 spiro atoms. The van der Waals surface area contributed by atoms with Crippen LogP contribution in [0, 0.1) is 0 Å². The van der Waals surface area contributed by atoms with Crippen molar-refractivity contribution in [1.29, 1.82) is 0 Å². The second-order valence-corrected chi connectivity index (χ2v) is 5.08. The number of likely N-dealkylation sites (N-methyl/N-ethyl adjacent to an activating group) is 1. The maximum Gasteiger partial charge on any atom is 0.318 e. The van der Waals surface area contributed by atoms with Gasteiger partial charge in [-0.15, -0.1) is 24.8 Å². The number of carbonyl (C=O) groups excluding carboxylic acids is 3. The Bertz CT molecular complexity index is 476. The molecule has 0 aliphatic carbocycles. The minimum Gasteiger partial charge on any atom is -0.351 e. The van der Waals surface area contributed by atoms with Crippen molar-refractivity contribution >= 4 is 48.6 Å². The van der Waals surface area contributed by atoms with Crippen LogP contribution >= 0.6 is 24.8 Å². The van der Waals surface area contributed by atoms with Crippen LogP contribution in [-0.2, 0) is 9.59 Å². The maximum absolute atomic E-state index is 12.1. The summed E-state index contributed by atoms with van der Waals surface area (Å²) in [7, 11) is 1.52. The Morgan fingerprint density at radius 1 is 1.46 bits per heavy atom. The number of rotatable bonds is 6. The normalized spacial score (nSPS) is 17.4. The fraction of sp³-hybridized carbons (Fsp3) is 0.667. The number of nitrogens with two attached hydrogens (primary N) is 3. The van der Waals surface area contributed by atoms with Crippen molar-refractivity contribution in [3.05, 3.63) is 0 Å². The summed E-state index contributed by atoms with van der Waals surface area (Å²) in [5, 5.41) is 4.56. The van der Waals surface area contributed by atoms with Gasteiger partial charge in [-0.3, -0.25) is 20.2 Å². The third kappa shape index (κ3) is 7.77. The molecule has 1 aliphatic rings. The average molecular weight is 386 g/mol. The molecule has 1 rings (SSSR count). The Balaban J connectivity index is 0. The molecule has 10 nitrogen and oxygen atoms in total. The van der Waals surface area contributed by atoms with Crippen LogP contribution in [0.4, 0.5) is 4.79 Å². The van der Waals surface area contributed by atoms with Gasteiger partial charge in [0.2, 0.25) is 11.9 Å². The zero-order valence-corrected chi connectivity index (χ0v) is 15.0. The van der Waals surface area contributed by atoms with Crippen molar-refractivity contribution in [1.82, 2.24) is 15.5 Å². The number of carbonyl (C=O) groups is 3. The van der Waals surface area contributed by atoms with Crippen LogP contribution in [0.25, 0.3) is 0 Å². The van der Waals surface area contributed by atoms with Crippen LogP contribution in [0.1, 0.15) is 19.3 Å². The van der Waals surface area contributed by atoms with Crippen molar-refractivity contribution in [2.75, 3.05) is 20.1 Å². The summed E-state index contributed by atoms with van der Waals surface area (Å²) in [4.78, 5) is 40.1. The van der Waals surface area contributed by atoms with Crippen molar-refractivity contribution < 1.29 is 14.4 Å². The fourth-order valence-electron chi connectivity index (χ4n) is 2.01. The molecule has 1 heterocycles. The van der Waals surface area contributed by atoms with Gasteiger partial charge >= 0.3 is 6.03 Å². The number of guanidine groups is 1. The predicted octanol–water partition coefficient (Wildman–Crippen LogP) is -1.73. The van der Waals surface area contributed by atoms with E-state index < -0.39 is 18.0 Å². The number of hydrogen-bond donors (Lipinski definition) is 5. The number of hydrogen-bond acceptors (Lipinski definition) is 6. The van der Waals surface area contributed by atoms with Gasteiger partial charge in [-0.25, -0.2) is 9.79 Å². The summed E-state index contributed by atoms with van der Waals surface area (Å²) in [5.41, 5.74) is 16.2.